The summed E-state index contributed by atoms with van der Waals surface area (Å²) in [4.78, 5) is 2.54. The molecule has 1 heterocycles. The van der Waals surface area contributed by atoms with Gasteiger partial charge in [0.15, 0.2) is 0 Å². The van der Waals surface area contributed by atoms with Crippen LogP contribution >= 0.6 is 0 Å². The second kappa shape index (κ2) is 8.39. The first-order valence-corrected chi connectivity index (χ1v) is 8.95. The summed E-state index contributed by atoms with van der Waals surface area (Å²) in [5.74, 6) is -0.245. The fraction of sp³-hybridized carbons (Fsp3) is 0.429. The second-order valence-corrected chi connectivity index (χ2v) is 6.70. The van der Waals surface area contributed by atoms with Crippen molar-refractivity contribution in [2.75, 3.05) is 19.6 Å². The summed E-state index contributed by atoms with van der Waals surface area (Å²) < 4.78 is 26.5. The maximum atomic E-state index is 13.2. The average Bonchev–Trinajstić information content (AvgIpc) is 2.62. The maximum Gasteiger partial charge on any atom is 0.123 e. The number of hydrogen-bond donors (Lipinski definition) is 0. The van der Waals surface area contributed by atoms with E-state index in [0.717, 1.165) is 30.5 Å². The summed E-state index contributed by atoms with van der Waals surface area (Å²) in [6.07, 6.45) is 6.05. The number of rotatable bonds is 6. The van der Waals surface area contributed by atoms with Crippen LogP contribution in [0.2, 0.25) is 0 Å². The van der Waals surface area contributed by atoms with E-state index in [1.165, 1.54) is 56.6 Å². The van der Waals surface area contributed by atoms with E-state index in [-0.39, 0.29) is 17.6 Å². The molecule has 0 unspecified atom stereocenters. The van der Waals surface area contributed by atoms with Crippen LogP contribution in [0.5, 0.6) is 0 Å². The van der Waals surface area contributed by atoms with Gasteiger partial charge in [-0.15, -0.1) is 0 Å². The van der Waals surface area contributed by atoms with Crippen molar-refractivity contribution in [2.24, 2.45) is 0 Å². The first-order valence-electron chi connectivity index (χ1n) is 8.95. The normalized spacial score (nSPS) is 15.8. The van der Waals surface area contributed by atoms with Crippen LogP contribution < -0.4 is 0 Å². The Hall–Kier alpha value is -1.74. The van der Waals surface area contributed by atoms with E-state index in [9.17, 15) is 8.78 Å². The van der Waals surface area contributed by atoms with Gasteiger partial charge in [-0.1, -0.05) is 30.7 Å². The quantitative estimate of drug-likeness (QED) is 0.689. The van der Waals surface area contributed by atoms with Gasteiger partial charge < -0.3 is 4.90 Å². The predicted octanol–water partition coefficient (Wildman–Crippen LogP) is 5.36. The Bertz CT molecular complexity index is 570. The molecule has 3 heteroatoms. The predicted molar refractivity (Wildman–Crippen MR) is 94.2 cm³/mol. The zero-order valence-electron chi connectivity index (χ0n) is 14.1. The molecule has 1 aliphatic heterocycles. The van der Waals surface area contributed by atoms with Crippen molar-refractivity contribution in [3.63, 3.8) is 0 Å². The molecule has 1 fully saturated rings. The number of likely N-dealkylation sites (tertiary alicyclic amines) is 1. The maximum absolute atomic E-state index is 13.2. The minimum absolute atomic E-state index is 0.191. The summed E-state index contributed by atoms with van der Waals surface area (Å²) >= 11 is 0. The zero-order chi connectivity index (χ0) is 16.8. The van der Waals surface area contributed by atoms with Crippen molar-refractivity contribution in [1.29, 1.82) is 0 Å². The van der Waals surface area contributed by atoms with Gasteiger partial charge in [0.05, 0.1) is 0 Å². The molecular weight excluding hydrogens is 304 g/mol. The Labute approximate surface area is 143 Å². The van der Waals surface area contributed by atoms with Gasteiger partial charge in [0.25, 0.3) is 0 Å². The largest absolute Gasteiger partial charge is 0.303 e. The fourth-order valence-electron chi connectivity index (χ4n) is 3.62. The molecule has 0 aliphatic carbocycles. The van der Waals surface area contributed by atoms with Gasteiger partial charge in [-0.2, -0.15) is 0 Å². The number of halogens is 2. The molecule has 0 bridgehead atoms. The lowest BCUT2D eigenvalue weighted by molar-refractivity contribution is 0.224. The molecule has 1 nitrogen and oxygen atoms in total. The smallest absolute Gasteiger partial charge is 0.123 e. The van der Waals surface area contributed by atoms with Crippen molar-refractivity contribution in [3.8, 4) is 0 Å². The molecule has 1 aliphatic rings. The van der Waals surface area contributed by atoms with E-state index >= 15 is 0 Å². The first-order chi connectivity index (χ1) is 11.7. The molecule has 128 valence electrons. The molecular formula is C21H25F2N. The highest BCUT2D eigenvalue weighted by atomic mass is 19.1. The van der Waals surface area contributed by atoms with E-state index < -0.39 is 0 Å². The van der Waals surface area contributed by atoms with Crippen LogP contribution in [0.15, 0.2) is 48.5 Å². The third-order valence-corrected chi connectivity index (χ3v) is 4.96. The molecule has 0 N–H and O–H groups in total. The van der Waals surface area contributed by atoms with Crippen molar-refractivity contribution in [2.45, 2.75) is 38.0 Å². The van der Waals surface area contributed by atoms with E-state index in [0.29, 0.717) is 0 Å². The Morgan fingerprint density at radius 1 is 0.750 bits per heavy atom. The third kappa shape index (κ3) is 4.64. The minimum Gasteiger partial charge on any atom is -0.303 e. The van der Waals surface area contributed by atoms with E-state index in [1.54, 1.807) is 0 Å². The second-order valence-electron chi connectivity index (χ2n) is 6.70. The number of piperidine rings is 1. The van der Waals surface area contributed by atoms with Crippen LogP contribution in [0.4, 0.5) is 8.78 Å². The summed E-state index contributed by atoms with van der Waals surface area (Å²) in [7, 11) is 0. The van der Waals surface area contributed by atoms with Crippen molar-refractivity contribution in [1.82, 2.24) is 4.90 Å². The number of nitrogens with zero attached hydrogens (tertiary/aromatic N) is 1. The molecule has 0 aromatic heterocycles. The van der Waals surface area contributed by atoms with Crippen molar-refractivity contribution >= 4 is 0 Å². The Balaban J connectivity index is 1.69. The third-order valence-electron chi connectivity index (χ3n) is 4.96. The van der Waals surface area contributed by atoms with Crippen molar-refractivity contribution < 1.29 is 8.78 Å². The van der Waals surface area contributed by atoms with E-state index in [1.807, 2.05) is 24.3 Å². The van der Waals surface area contributed by atoms with Gasteiger partial charge in [-0.25, -0.2) is 8.78 Å². The SMILES string of the molecule is Fc1ccc(C(CCCN2CCCCC2)c2ccc(F)cc2)cc1. The lowest BCUT2D eigenvalue weighted by Gasteiger charge is -2.27. The van der Waals surface area contributed by atoms with Crippen molar-refractivity contribution in [3.05, 3.63) is 71.3 Å². The van der Waals surface area contributed by atoms with Crippen LogP contribution in [0.1, 0.15) is 49.1 Å². The van der Waals surface area contributed by atoms with Crippen LogP contribution in [0, 0.1) is 11.6 Å². The molecule has 2 aromatic carbocycles. The lowest BCUT2D eigenvalue weighted by Crippen LogP contribution is -2.30. The highest BCUT2D eigenvalue weighted by Crippen LogP contribution is 2.30. The Morgan fingerprint density at radius 3 is 1.75 bits per heavy atom. The molecule has 0 saturated carbocycles. The van der Waals surface area contributed by atoms with Gasteiger partial charge in [-0.3, -0.25) is 0 Å². The van der Waals surface area contributed by atoms with Crippen LogP contribution in [0.25, 0.3) is 0 Å². The molecule has 0 radical (unpaired) electrons. The number of benzene rings is 2. The van der Waals surface area contributed by atoms with Gasteiger partial charge in [0.2, 0.25) is 0 Å². The highest BCUT2D eigenvalue weighted by Gasteiger charge is 2.16. The van der Waals surface area contributed by atoms with Gasteiger partial charge >= 0.3 is 0 Å². The molecule has 3 rings (SSSR count). The Kier molecular flexibility index (Phi) is 5.97. The molecule has 0 amide bonds. The van der Waals surface area contributed by atoms with Crippen LogP contribution in [-0.4, -0.2) is 24.5 Å². The summed E-state index contributed by atoms with van der Waals surface area (Å²) in [5, 5.41) is 0. The summed E-state index contributed by atoms with van der Waals surface area (Å²) in [6, 6.07) is 13.4. The van der Waals surface area contributed by atoms with E-state index in [4.69, 9.17) is 0 Å². The first kappa shape index (κ1) is 17.1. The molecule has 1 saturated heterocycles. The van der Waals surface area contributed by atoms with E-state index in [2.05, 4.69) is 4.90 Å². The highest BCUT2D eigenvalue weighted by molar-refractivity contribution is 5.32. The minimum atomic E-state index is -0.218. The zero-order valence-corrected chi connectivity index (χ0v) is 14.1. The standard InChI is InChI=1S/C21H25F2N/c22-19-10-6-17(7-11-19)21(18-8-12-20(23)13-9-18)5-4-16-24-14-2-1-3-15-24/h6-13,21H,1-5,14-16H2. The van der Waals surface area contributed by atoms with Gasteiger partial charge in [-0.05, 0) is 80.7 Å². The molecule has 2 aromatic rings. The lowest BCUT2D eigenvalue weighted by atomic mass is 9.87. The van der Waals surface area contributed by atoms with Gasteiger partial charge in [0, 0.05) is 5.92 Å². The average molecular weight is 329 g/mol. The summed E-state index contributed by atoms with van der Waals surface area (Å²) in [6.45, 7) is 3.52. The van der Waals surface area contributed by atoms with Crippen LogP contribution in [0.3, 0.4) is 0 Å². The van der Waals surface area contributed by atoms with Gasteiger partial charge in [0.1, 0.15) is 11.6 Å². The fourth-order valence-corrected chi connectivity index (χ4v) is 3.62. The number of hydrogen-bond acceptors (Lipinski definition) is 1. The van der Waals surface area contributed by atoms with Crippen LogP contribution in [-0.2, 0) is 0 Å². The Morgan fingerprint density at radius 2 is 1.25 bits per heavy atom. The molecule has 0 atom stereocenters. The monoisotopic (exact) mass is 329 g/mol. The molecule has 0 spiro atoms. The summed E-state index contributed by atoms with van der Waals surface area (Å²) in [5.41, 5.74) is 2.20. The topological polar surface area (TPSA) is 3.24 Å². The molecule has 24 heavy (non-hydrogen) atoms.